The van der Waals surface area contributed by atoms with Crippen LogP contribution in [-0.4, -0.2) is 41.1 Å². The van der Waals surface area contributed by atoms with Crippen LogP contribution in [0.3, 0.4) is 0 Å². The number of fused-ring (bicyclic) bond motifs is 1. The van der Waals surface area contributed by atoms with Crippen molar-refractivity contribution >= 4 is 16.6 Å². The van der Waals surface area contributed by atoms with Crippen LogP contribution in [0.5, 0.6) is 0 Å². The first-order valence-electron chi connectivity index (χ1n) is 9.74. The van der Waals surface area contributed by atoms with Crippen molar-refractivity contribution in [3.05, 3.63) is 12.7 Å². The molecule has 25 heavy (non-hydrogen) atoms. The lowest BCUT2D eigenvalue weighted by molar-refractivity contribution is 0.0603. The molecule has 0 aromatic carbocycles. The van der Waals surface area contributed by atoms with Crippen molar-refractivity contribution in [1.82, 2.24) is 0 Å². The number of hydrogen-bond acceptors (Lipinski definition) is 3. The van der Waals surface area contributed by atoms with Crippen molar-refractivity contribution in [2.45, 2.75) is 109 Å². The van der Waals surface area contributed by atoms with E-state index in [0.29, 0.717) is 5.92 Å². The van der Waals surface area contributed by atoms with Gasteiger partial charge in [-0.2, -0.15) is 0 Å². The van der Waals surface area contributed by atoms with Gasteiger partial charge >= 0.3 is 0 Å². The molecular formula is C20H40O3Si2. The maximum atomic E-state index is 6.74. The molecule has 2 rings (SSSR count). The van der Waals surface area contributed by atoms with Gasteiger partial charge in [0.2, 0.25) is 0 Å². The molecular weight excluding hydrogens is 344 g/mol. The molecule has 3 nitrogen and oxygen atoms in total. The third-order valence-corrected chi connectivity index (χ3v) is 15.9. The van der Waals surface area contributed by atoms with Gasteiger partial charge < -0.3 is 13.6 Å². The minimum Gasteiger partial charge on any atom is -0.411 e. The molecule has 0 N–H and O–H groups in total. The molecule has 0 radical (unpaired) electrons. The summed E-state index contributed by atoms with van der Waals surface area (Å²) >= 11 is 0. The topological polar surface area (TPSA) is 31.0 Å². The Bertz CT molecular complexity index is 502. The SMILES string of the molecule is C=C[C@@H]1C[C@@H](O[Si](C)(C)C(C)(C)C)[C@@H]2O[C@@H]2[C@H]1O[Si](C)(C)C(C)(C)C. The molecule has 1 aliphatic carbocycles. The Morgan fingerprint density at radius 1 is 0.880 bits per heavy atom. The second kappa shape index (κ2) is 6.59. The van der Waals surface area contributed by atoms with Crippen LogP contribution in [0, 0.1) is 5.92 Å². The van der Waals surface area contributed by atoms with Crippen LogP contribution in [-0.2, 0) is 13.6 Å². The monoisotopic (exact) mass is 384 g/mol. The number of epoxide rings is 1. The van der Waals surface area contributed by atoms with Crippen molar-refractivity contribution in [3.63, 3.8) is 0 Å². The average Bonchev–Trinajstić information content (AvgIpc) is 3.18. The van der Waals surface area contributed by atoms with E-state index in [-0.39, 0.29) is 34.5 Å². The first-order chi connectivity index (χ1) is 11.1. The van der Waals surface area contributed by atoms with Gasteiger partial charge in [0.05, 0.1) is 12.2 Å². The molecule has 0 unspecified atom stereocenters. The van der Waals surface area contributed by atoms with Gasteiger partial charge in [-0.3, -0.25) is 0 Å². The van der Waals surface area contributed by atoms with Crippen LogP contribution < -0.4 is 0 Å². The second-order valence-corrected chi connectivity index (χ2v) is 20.5. The van der Waals surface area contributed by atoms with E-state index in [1.165, 1.54) is 0 Å². The summed E-state index contributed by atoms with van der Waals surface area (Å²) < 4.78 is 19.5. The molecule has 1 aliphatic heterocycles. The lowest BCUT2D eigenvalue weighted by Crippen LogP contribution is -2.52. The predicted molar refractivity (Wildman–Crippen MR) is 111 cm³/mol. The first-order valence-corrected chi connectivity index (χ1v) is 15.6. The van der Waals surface area contributed by atoms with E-state index in [9.17, 15) is 0 Å². The molecule has 5 atom stereocenters. The van der Waals surface area contributed by atoms with Gasteiger partial charge in [-0.15, -0.1) is 6.58 Å². The second-order valence-electron chi connectivity index (χ2n) is 11.0. The zero-order valence-electron chi connectivity index (χ0n) is 18.1. The van der Waals surface area contributed by atoms with Gasteiger partial charge in [-0.25, -0.2) is 0 Å². The molecule has 0 bridgehead atoms. The fourth-order valence-electron chi connectivity index (χ4n) is 3.05. The molecule has 0 amide bonds. The molecule has 0 spiro atoms. The fourth-order valence-corrected chi connectivity index (χ4v) is 5.74. The maximum Gasteiger partial charge on any atom is 0.192 e. The van der Waals surface area contributed by atoms with Gasteiger partial charge in [0.25, 0.3) is 0 Å². The summed E-state index contributed by atoms with van der Waals surface area (Å²) in [6.45, 7) is 27.1. The predicted octanol–water partition coefficient (Wildman–Crippen LogP) is 5.74. The Labute approximate surface area is 157 Å². The van der Waals surface area contributed by atoms with Crippen molar-refractivity contribution in [1.29, 1.82) is 0 Å². The van der Waals surface area contributed by atoms with E-state index in [0.717, 1.165) is 6.42 Å². The Morgan fingerprint density at radius 2 is 1.36 bits per heavy atom. The summed E-state index contributed by atoms with van der Waals surface area (Å²) in [7, 11) is -3.62. The van der Waals surface area contributed by atoms with Crippen molar-refractivity contribution in [3.8, 4) is 0 Å². The highest BCUT2D eigenvalue weighted by Crippen LogP contribution is 2.49. The first kappa shape index (κ1) is 21.4. The van der Waals surface area contributed by atoms with Gasteiger partial charge in [0, 0.05) is 5.92 Å². The van der Waals surface area contributed by atoms with Crippen LogP contribution >= 0.6 is 0 Å². The largest absolute Gasteiger partial charge is 0.411 e. The van der Waals surface area contributed by atoms with Gasteiger partial charge in [-0.1, -0.05) is 47.6 Å². The standard InChI is InChI=1S/C20H40O3Si2/c1-12-14-13-15(22-24(8,9)19(2,3)4)17-18(21-17)16(14)23-25(10,11)20(5,6)7/h12,14-18H,1,13H2,2-11H3/t14-,15-,16+,17+,18-/m1/s1. The summed E-state index contributed by atoms with van der Waals surface area (Å²) in [6, 6.07) is 0. The third-order valence-electron chi connectivity index (χ3n) is 6.97. The Hall–Kier alpha value is 0.0538. The molecule has 1 saturated heterocycles. The van der Waals surface area contributed by atoms with Gasteiger partial charge in [0.15, 0.2) is 16.6 Å². The summed E-state index contributed by atoms with van der Waals surface area (Å²) in [5.41, 5.74) is 0. The normalized spacial score (nSPS) is 33.8. The zero-order chi connectivity index (χ0) is 19.4. The van der Waals surface area contributed by atoms with Crippen LogP contribution in [0.15, 0.2) is 12.7 Å². The quantitative estimate of drug-likeness (QED) is 0.344. The molecule has 2 fully saturated rings. The highest BCUT2D eigenvalue weighted by molar-refractivity contribution is 6.74. The average molecular weight is 385 g/mol. The molecule has 0 aromatic rings. The van der Waals surface area contributed by atoms with Crippen molar-refractivity contribution in [2.75, 3.05) is 0 Å². The Kier molecular flexibility index (Phi) is 5.63. The highest BCUT2D eigenvalue weighted by atomic mass is 28.4. The van der Waals surface area contributed by atoms with Crippen LogP contribution in [0.1, 0.15) is 48.0 Å². The molecule has 2 aliphatic rings. The van der Waals surface area contributed by atoms with Crippen molar-refractivity contribution in [2.24, 2.45) is 5.92 Å². The molecule has 1 heterocycles. The van der Waals surface area contributed by atoms with E-state index in [4.69, 9.17) is 13.6 Å². The summed E-state index contributed by atoms with van der Waals surface area (Å²) in [5, 5.41) is 0.424. The van der Waals surface area contributed by atoms with Crippen LogP contribution in [0.25, 0.3) is 0 Å². The van der Waals surface area contributed by atoms with Gasteiger partial charge in [-0.05, 0) is 42.7 Å². The van der Waals surface area contributed by atoms with E-state index < -0.39 is 16.6 Å². The van der Waals surface area contributed by atoms with Crippen LogP contribution in [0.2, 0.25) is 36.3 Å². The minimum absolute atomic E-state index is 0.141. The zero-order valence-corrected chi connectivity index (χ0v) is 20.1. The third kappa shape index (κ3) is 4.32. The fraction of sp³-hybridized carbons (Fsp3) is 0.900. The number of hydrogen-bond donors (Lipinski definition) is 0. The summed E-state index contributed by atoms with van der Waals surface area (Å²) in [4.78, 5) is 0. The number of rotatable bonds is 5. The van der Waals surface area contributed by atoms with E-state index >= 15 is 0 Å². The molecule has 1 saturated carbocycles. The van der Waals surface area contributed by atoms with E-state index in [1.54, 1.807) is 0 Å². The lowest BCUT2D eigenvalue weighted by Gasteiger charge is -2.44. The summed E-state index contributed by atoms with van der Waals surface area (Å²) in [5.74, 6) is 0.313. The Morgan fingerprint density at radius 3 is 1.80 bits per heavy atom. The van der Waals surface area contributed by atoms with Crippen LogP contribution in [0.4, 0.5) is 0 Å². The minimum atomic E-state index is -1.82. The molecule has 5 heteroatoms. The van der Waals surface area contributed by atoms with Crippen molar-refractivity contribution < 1.29 is 13.6 Å². The summed E-state index contributed by atoms with van der Waals surface area (Å²) in [6.07, 6.45) is 3.75. The maximum absolute atomic E-state index is 6.74. The highest BCUT2D eigenvalue weighted by Gasteiger charge is 2.60. The Balaban J connectivity index is 2.11. The number of ether oxygens (including phenoxy) is 1. The lowest BCUT2D eigenvalue weighted by atomic mass is 9.85. The smallest absolute Gasteiger partial charge is 0.192 e. The van der Waals surface area contributed by atoms with E-state index in [1.807, 2.05) is 0 Å². The molecule has 0 aromatic heterocycles. The molecule has 146 valence electrons. The van der Waals surface area contributed by atoms with E-state index in [2.05, 4.69) is 80.4 Å². The van der Waals surface area contributed by atoms with Gasteiger partial charge in [0.1, 0.15) is 12.2 Å².